The lowest BCUT2D eigenvalue weighted by atomic mass is 10.1. The van der Waals surface area contributed by atoms with Crippen LogP contribution in [0.2, 0.25) is 0 Å². The standard InChI is InChI=1S/C18H22N4O3/c1-5-17-21-15-9-13(6-7-16(15)24-17)20-18(23)19-10(2)8-14-11(3)22-25-12(14)4/h6-7,9-10H,5,8H2,1-4H3,(H2,19,20,23). The molecule has 1 atom stereocenters. The zero-order valence-corrected chi connectivity index (χ0v) is 14.8. The topological polar surface area (TPSA) is 93.2 Å². The van der Waals surface area contributed by atoms with E-state index in [9.17, 15) is 4.79 Å². The van der Waals surface area contributed by atoms with Crippen molar-refractivity contribution in [2.45, 2.75) is 46.6 Å². The summed E-state index contributed by atoms with van der Waals surface area (Å²) < 4.78 is 10.7. The lowest BCUT2D eigenvalue weighted by Crippen LogP contribution is -2.37. The van der Waals surface area contributed by atoms with E-state index in [0.717, 1.165) is 34.5 Å². The van der Waals surface area contributed by atoms with Gasteiger partial charge in [-0.05, 0) is 45.4 Å². The van der Waals surface area contributed by atoms with Crippen molar-refractivity contribution in [2.75, 3.05) is 5.32 Å². The third kappa shape index (κ3) is 3.81. The fourth-order valence-corrected chi connectivity index (χ4v) is 2.75. The molecule has 7 heteroatoms. The van der Waals surface area contributed by atoms with Crippen LogP contribution in [0.1, 0.15) is 36.8 Å². The molecule has 132 valence electrons. The third-order valence-corrected chi connectivity index (χ3v) is 4.06. The summed E-state index contributed by atoms with van der Waals surface area (Å²) in [4.78, 5) is 16.6. The van der Waals surface area contributed by atoms with Crippen LogP contribution in [0, 0.1) is 13.8 Å². The predicted octanol–water partition coefficient (Wildman–Crippen LogP) is 3.75. The molecular weight excluding hydrogens is 320 g/mol. The molecule has 3 rings (SSSR count). The van der Waals surface area contributed by atoms with E-state index in [1.165, 1.54) is 0 Å². The van der Waals surface area contributed by atoms with Crippen LogP contribution in [-0.4, -0.2) is 22.2 Å². The maximum Gasteiger partial charge on any atom is 0.319 e. The molecule has 0 radical (unpaired) electrons. The van der Waals surface area contributed by atoms with Gasteiger partial charge in [0.05, 0.1) is 5.69 Å². The van der Waals surface area contributed by atoms with E-state index in [4.69, 9.17) is 8.94 Å². The van der Waals surface area contributed by atoms with Crippen molar-refractivity contribution in [3.63, 3.8) is 0 Å². The van der Waals surface area contributed by atoms with Gasteiger partial charge in [-0.1, -0.05) is 12.1 Å². The van der Waals surface area contributed by atoms with Crippen molar-refractivity contribution in [1.82, 2.24) is 15.5 Å². The van der Waals surface area contributed by atoms with E-state index in [-0.39, 0.29) is 12.1 Å². The van der Waals surface area contributed by atoms with E-state index in [1.54, 1.807) is 12.1 Å². The van der Waals surface area contributed by atoms with Gasteiger partial charge >= 0.3 is 6.03 Å². The van der Waals surface area contributed by atoms with Gasteiger partial charge in [-0.25, -0.2) is 9.78 Å². The van der Waals surface area contributed by atoms with Gasteiger partial charge in [0.1, 0.15) is 11.3 Å². The minimum atomic E-state index is -0.266. The number of oxazole rings is 1. The molecule has 0 spiro atoms. The average Bonchev–Trinajstić information content (AvgIpc) is 3.12. The van der Waals surface area contributed by atoms with E-state index < -0.39 is 0 Å². The molecule has 0 saturated carbocycles. The monoisotopic (exact) mass is 342 g/mol. The molecular formula is C18H22N4O3. The molecule has 2 aromatic heterocycles. The van der Waals surface area contributed by atoms with Gasteiger partial charge in [0.25, 0.3) is 0 Å². The molecule has 2 heterocycles. The molecule has 1 unspecified atom stereocenters. The Bertz CT molecular complexity index is 877. The number of nitrogens with zero attached hydrogens (tertiary/aromatic N) is 2. The molecule has 25 heavy (non-hydrogen) atoms. The van der Waals surface area contributed by atoms with Gasteiger partial charge < -0.3 is 19.6 Å². The Kier molecular flexibility index (Phi) is 4.74. The number of aryl methyl sites for hydroxylation is 3. The van der Waals surface area contributed by atoms with E-state index >= 15 is 0 Å². The fourth-order valence-electron chi connectivity index (χ4n) is 2.75. The van der Waals surface area contributed by atoms with Crippen molar-refractivity contribution in [3.8, 4) is 0 Å². The summed E-state index contributed by atoms with van der Waals surface area (Å²) >= 11 is 0. The van der Waals surface area contributed by atoms with Crippen LogP contribution in [0.15, 0.2) is 27.1 Å². The highest BCUT2D eigenvalue weighted by atomic mass is 16.5. The second-order valence-corrected chi connectivity index (χ2v) is 6.15. The molecule has 3 aromatic rings. The van der Waals surface area contributed by atoms with Gasteiger partial charge in [-0.2, -0.15) is 0 Å². The van der Waals surface area contributed by atoms with Crippen LogP contribution in [0.25, 0.3) is 11.1 Å². The highest BCUT2D eigenvalue weighted by Gasteiger charge is 2.15. The molecule has 0 fully saturated rings. The second-order valence-electron chi connectivity index (χ2n) is 6.15. The minimum Gasteiger partial charge on any atom is -0.441 e. The van der Waals surface area contributed by atoms with Crippen LogP contribution < -0.4 is 10.6 Å². The molecule has 7 nitrogen and oxygen atoms in total. The summed E-state index contributed by atoms with van der Waals surface area (Å²) in [5.41, 5.74) is 4.01. The second kappa shape index (κ2) is 6.96. The zero-order valence-electron chi connectivity index (χ0n) is 14.8. The Hall–Kier alpha value is -2.83. The summed E-state index contributed by atoms with van der Waals surface area (Å²) in [5, 5.41) is 9.69. The number of rotatable bonds is 5. The molecule has 0 aliphatic heterocycles. The number of urea groups is 1. The molecule has 0 aliphatic rings. The highest BCUT2D eigenvalue weighted by molar-refractivity contribution is 5.91. The number of hydrogen-bond donors (Lipinski definition) is 2. The SMILES string of the molecule is CCc1nc2cc(NC(=O)NC(C)Cc3c(C)noc3C)ccc2o1. The van der Waals surface area contributed by atoms with Crippen LogP contribution in [0.5, 0.6) is 0 Å². The normalized spacial score (nSPS) is 12.3. The van der Waals surface area contributed by atoms with E-state index in [1.807, 2.05) is 33.8 Å². The maximum atomic E-state index is 12.2. The number of carbonyl (C=O) groups excluding carboxylic acids is 1. The first-order chi connectivity index (χ1) is 12.0. The van der Waals surface area contributed by atoms with Gasteiger partial charge in [-0.3, -0.25) is 0 Å². The van der Waals surface area contributed by atoms with Crippen LogP contribution in [0.4, 0.5) is 10.5 Å². The molecule has 0 aliphatic carbocycles. The number of nitrogens with one attached hydrogen (secondary N) is 2. The summed E-state index contributed by atoms with van der Waals surface area (Å²) in [5.74, 6) is 1.47. The first-order valence-corrected chi connectivity index (χ1v) is 8.35. The lowest BCUT2D eigenvalue weighted by Gasteiger charge is -2.14. The Balaban J connectivity index is 1.62. The Labute approximate surface area is 145 Å². The smallest absolute Gasteiger partial charge is 0.319 e. The van der Waals surface area contributed by atoms with E-state index in [2.05, 4.69) is 20.8 Å². The first kappa shape index (κ1) is 17.0. The molecule has 2 amide bonds. The van der Waals surface area contributed by atoms with Crippen molar-refractivity contribution in [1.29, 1.82) is 0 Å². The van der Waals surface area contributed by atoms with Crippen molar-refractivity contribution >= 4 is 22.8 Å². The molecule has 2 N–H and O–H groups in total. The first-order valence-electron chi connectivity index (χ1n) is 8.35. The number of aromatic nitrogens is 2. The summed E-state index contributed by atoms with van der Waals surface area (Å²) in [6.07, 6.45) is 1.40. The summed E-state index contributed by atoms with van der Waals surface area (Å²) in [6.45, 7) is 7.70. The van der Waals surface area contributed by atoms with E-state index in [0.29, 0.717) is 18.0 Å². The Morgan fingerprint density at radius 3 is 2.80 bits per heavy atom. The number of amides is 2. The quantitative estimate of drug-likeness (QED) is 0.736. The van der Waals surface area contributed by atoms with Gasteiger partial charge in [0, 0.05) is 23.7 Å². The van der Waals surface area contributed by atoms with Crippen molar-refractivity contribution in [2.24, 2.45) is 0 Å². The molecule has 0 bridgehead atoms. The summed E-state index contributed by atoms with van der Waals surface area (Å²) in [7, 11) is 0. The predicted molar refractivity (Wildman–Crippen MR) is 94.7 cm³/mol. The summed E-state index contributed by atoms with van der Waals surface area (Å²) in [6, 6.07) is 5.09. The van der Waals surface area contributed by atoms with Crippen LogP contribution in [-0.2, 0) is 12.8 Å². The van der Waals surface area contributed by atoms with Gasteiger partial charge in [-0.15, -0.1) is 0 Å². The highest BCUT2D eigenvalue weighted by Crippen LogP contribution is 2.20. The number of carbonyl (C=O) groups is 1. The number of benzene rings is 1. The fraction of sp³-hybridized carbons (Fsp3) is 0.389. The molecule has 0 saturated heterocycles. The van der Waals surface area contributed by atoms with Crippen molar-refractivity contribution in [3.05, 3.63) is 41.1 Å². The van der Waals surface area contributed by atoms with Crippen LogP contribution >= 0.6 is 0 Å². The van der Waals surface area contributed by atoms with Crippen molar-refractivity contribution < 1.29 is 13.7 Å². The average molecular weight is 342 g/mol. The molecule has 1 aromatic carbocycles. The number of fused-ring (bicyclic) bond motifs is 1. The largest absolute Gasteiger partial charge is 0.441 e. The third-order valence-electron chi connectivity index (χ3n) is 4.06. The number of hydrogen-bond acceptors (Lipinski definition) is 5. The van der Waals surface area contributed by atoms with Crippen LogP contribution in [0.3, 0.4) is 0 Å². The van der Waals surface area contributed by atoms with Gasteiger partial charge in [0.2, 0.25) is 0 Å². The Morgan fingerprint density at radius 2 is 2.12 bits per heavy atom. The maximum absolute atomic E-state index is 12.2. The Morgan fingerprint density at radius 1 is 1.32 bits per heavy atom. The number of anilines is 1. The zero-order chi connectivity index (χ0) is 18.0. The minimum absolute atomic E-state index is 0.0562. The van der Waals surface area contributed by atoms with Gasteiger partial charge in [0.15, 0.2) is 11.5 Å². The lowest BCUT2D eigenvalue weighted by molar-refractivity contribution is 0.249.